The number of amides is 1. The average Bonchev–Trinajstić information content (AvgIpc) is 2.86. The molecule has 0 bridgehead atoms. The first-order chi connectivity index (χ1) is 10.7. The number of aryl methyl sites for hydroxylation is 1. The van der Waals surface area contributed by atoms with Crippen LogP contribution in [0.25, 0.3) is 0 Å². The van der Waals surface area contributed by atoms with E-state index in [1.165, 1.54) is 7.11 Å². The smallest absolute Gasteiger partial charge is 0.410 e. The van der Waals surface area contributed by atoms with Crippen LogP contribution in [0.15, 0.2) is 0 Å². The highest BCUT2D eigenvalue weighted by Gasteiger charge is 2.32. The van der Waals surface area contributed by atoms with Crippen LogP contribution in [0.5, 0.6) is 0 Å². The van der Waals surface area contributed by atoms with Gasteiger partial charge in [-0.2, -0.15) is 0 Å². The molecule has 1 aromatic heterocycles. The Balaban J connectivity index is 2.04. The molecule has 8 heteroatoms. The molecule has 0 atom stereocenters. The first kappa shape index (κ1) is 17.2. The highest BCUT2D eigenvalue weighted by atomic mass is 16.6. The molecule has 0 unspecified atom stereocenters. The number of hydrogen-bond donors (Lipinski definition) is 0. The fraction of sp³-hybridized carbons (Fsp3) is 0.733. The molecule has 1 aliphatic heterocycles. The Hall–Kier alpha value is -2.12. The van der Waals surface area contributed by atoms with Gasteiger partial charge < -0.3 is 14.4 Å². The second-order valence-corrected chi connectivity index (χ2v) is 6.68. The number of methoxy groups -OCH3 is 1. The van der Waals surface area contributed by atoms with Crippen LogP contribution < -0.4 is 0 Å². The topological polar surface area (TPSA) is 86.5 Å². The number of likely N-dealkylation sites (tertiary alicyclic amines) is 1. The fourth-order valence-corrected chi connectivity index (χ4v) is 2.73. The summed E-state index contributed by atoms with van der Waals surface area (Å²) < 4.78 is 11.8. The van der Waals surface area contributed by atoms with E-state index in [1.807, 2.05) is 20.8 Å². The zero-order valence-electron chi connectivity index (χ0n) is 14.3. The van der Waals surface area contributed by atoms with Crippen molar-refractivity contribution in [1.82, 2.24) is 19.9 Å². The SMILES string of the molecule is COC(=O)c1nnn(C)c1C1CCN(C(=O)OC(C)(C)C)CC1. The van der Waals surface area contributed by atoms with E-state index < -0.39 is 11.6 Å². The Morgan fingerprint density at radius 2 is 1.83 bits per heavy atom. The van der Waals surface area contributed by atoms with Crippen LogP contribution in [0.2, 0.25) is 0 Å². The lowest BCUT2D eigenvalue weighted by Crippen LogP contribution is -2.41. The molecule has 8 nitrogen and oxygen atoms in total. The molecule has 1 amide bonds. The molecule has 128 valence electrons. The zero-order chi connectivity index (χ0) is 17.2. The van der Waals surface area contributed by atoms with E-state index >= 15 is 0 Å². The molecule has 0 aromatic carbocycles. The maximum absolute atomic E-state index is 12.1. The molecule has 0 radical (unpaired) electrons. The molecule has 1 saturated heterocycles. The van der Waals surface area contributed by atoms with Gasteiger partial charge in [-0.15, -0.1) is 5.10 Å². The van der Waals surface area contributed by atoms with Crippen molar-refractivity contribution < 1.29 is 19.1 Å². The van der Waals surface area contributed by atoms with Crippen LogP contribution in [-0.2, 0) is 16.5 Å². The van der Waals surface area contributed by atoms with Crippen LogP contribution in [0, 0.1) is 0 Å². The van der Waals surface area contributed by atoms with Gasteiger partial charge in [0, 0.05) is 26.1 Å². The Morgan fingerprint density at radius 1 is 1.22 bits per heavy atom. The summed E-state index contributed by atoms with van der Waals surface area (Å²) >= 11 is 0. The summed E-state index contributed by atoms with van der Waals surface area (Å²) in [7, 11) is 3.08. The zero-order valence-corrected chi connectivity index (χ0v) is 14.3. The molecule has 2 heterocycles. The van der Waals surface area contributed by atoms with Crippen molar-refractivity contribution >= 4 is 12.1 Å². The second kappa shape index (κ2) is 6.55. The van der Waals surface area contributed by atoms with Crippen molar-refractivity contribution in [1.29, 1.82) is 0 Å². The number of aromatic nitrogens is 3. The van der Waals surface area contributed by atoms with E-state index in [4.69, 9.17) is 9.47 Å². The third-order valence-electron chi connectivity index (χ3n) is 3.78. The number of nitrogens with zero attached hydrogens (tertiary/aromatic N) is 4. The maximum atomic E-state index is 12.1. The molecule has 1 fully saturated rings. The Kier molecular flexibility index (Phi) is 4.91. The number of rotatable bonds is 2. The Labute approximate surface area is 135 Å². The van der Waals surface area contributed by atoms with Gasteiger partial charge in [-0.25, -0.2) is 9.59 Å². The summed E-state index contributed by atoms with van der Waals surface area (Å²) in [6.45, 7) is 6.70. The maximum Gasteiger partial charge on any atom is 0.410 e. The second-order valence-electron chi connectivity index (χ2n) is 6.68. The lowest BCUT2D eigenvalue weighted by atomic mass is 9.92. The lowest BCUT2D eigenvalue weighted by molar-refractivity contribution is 0.0202. The van der Waals surface area contributed by atoms with Crippen molar-refractivity contribution in [3.05, 3.63) is 11.4 Å². The number of esters is 1. The largest absolute Gasteiger partial charge is 0.464 e. The highest BCUT2D eigenvalue weighted by Crippen LogP contribution is 2.30. The summed E-state index contributed by atoms with van der Waals surface area (Å²) in [5, 5.41) is 7.82. The highest BCUT2D eigenvalue weighted by molar-refractivity contribution is 5.88. The molecule has 1 aromatic rings. The predicted molar refractivity (Wildman–Crippen MR) is 82.1 cm³/mol. The van der Waals surface area contributed by atoms with Crippen LogP contribution in [0.1, 0.15) is 55.7 Å². The molecular weight excluding hydrogens is 300 g/mol. The first-order valence-electron chi connectivity index (χ1n) is 7.68. The summed E-state index contributed by atoms with van der Waals surface area (Å²) in [4.78, 5) is 25.6. The molecule has 0 saturated carbocycles. The standard InChI is InChI=1S/C15H24N4O4/c1-15(2,3)23-14(21)19-8-6-10(7-9-19)12-11(13(20)22-5)16-17-18(12)4/h10H,6-9H2,1-5H3. The summed E-state index contributed by atoms with van der Waals surface area (Å²) in [6, 6.07) is 0. The summed E-state index contributed by atoms with van der Waals surface area (Å²) in [6.07, 6.45) is 1.15. The summed E-state index contributed by atoms with van der Waals surface area (Å²) in [5.41, 5.74) is 0.518. The van der Waals surface area contributed by atoms with Crippen molar-refractivity contribution in [2.75, 3.05) is 20.2 Å². The van der Waals surface area contributed by atoms with Gasteiger partial charge in [-0.05, 0) is 33.6 Å². The van der Waals surface area contributed by atoms with Gasteiger partial charge in [0.05, 0.1) is 12.8 Å². The molecule has 0 N–H and O–H groups in total. The van der Waals surface area contributed by atoms with Crippen molar-refractivity contribution in [2.45, 2.75) is 45.1 Å². The summed E-state index contributed by atoms with van der Waals surface area (Å²) in [5.74, 6) is -0.370. The number of carbonyl (C=O) groups excluding carboxylic acids is 2. The van der Waals surface area contributed by atoms with Crippen LogP contribution in [-0.4, -0.2) is 57.8 Å². The molecule has 0 aliphatic carbocycles. The molecule has 1 aliphatic rings. The van der Waals surface area contributed by atoms with E-state index in [0.29, 0.717) is 13.1 Å². The van der Waals surface area contributed by atoms with E-state index in [1.54, 1.807) is 16.6 Å². The van der Waals surface area contributed by atoms with Crippen molar-refractivity contribution in [3.8, 4) is 0 Å². The van der Waals surface area contributed by atoms with E-state index in [-0.39, 0.29) is 17.7 Å². The van der Waals surface area contributed by atoms with Crippen molar-refractivity contribution in [3.63, 3.8) is 0 Å². The minimum atomic E-state index is -0.502. The van der Waals surface area contributed by atoms with Gasteiger partial charge in [-0.1, -0.05) is 5.21 Å². The third kappa shape index (κ3) is 4.00. The number of carbonyl (C=O) groups is 2. The van der Waals surface area contributed by atoms with Gasteiger partial charge in [0.1, 0.15) is 5.60 Å². The molecule has 23 heavy (non-hydrogen) atoms. The number of hydrogen-bond acceptors (Lipinski definition) is 6. The Morgan fingerprint density at radius 3 is 2.35 bits per heavy atom. The van der Waals surface area contributed by atoms with Crippen LogP contribution in [0.3, 0.4) is 0 Å². The van der Waals surface area contributed by atoms with Crippen LogP contribution in [0.4, 0.5) is 4.79 Å². The molecule has 2 rings (SSSR count). The van der Waals surface area contributed by atoms with Gasteiger partial charge in [-0.3, -0.25) is 4.68 Å². The fourth-order valence-electron chi connectivity index (χ4n) is 2.73. The molecular formula is C15H24N4O4. The van der Waals surface area contributed by atoms with Gasteiger partial charge in [0.15, 0.2) is 5.69 Å². The predicted octanol–water partition coefficient (Wildman–Crippen LogP) is 1.72. The minimum Gasteiger partial charge on any atom is -0.464 e. The monoisotopic (exact) mass is 324 g/mol. The number of ether oxygens (including phenoxy) is 2. The normalized spacial score (nSPS) is 16.3. The first-order valence-corrected chi connectivity index (χ1v) is 7.68. The van der Waals surface area contributed by atoms with Gasteiger partial charge in [0.2, 0.25) is 0 Å². The average molecular weight is 324 g/mol. The molecule has 0 spiro atoms. The van der Waals surface area contributed by atoms with E-state index in [0.717, 1.165) is 18.5 Å². The number of piperidine rings is 1. The lowest BCUT2D eigenvalue weighted by Gasteiger charge is -2.33. The quantitative estimate of drug-likeness (QED) is 0.770. The Bertz CT molecular complexity index is 583. The van der Waals surface area contributed by atoms with Gasteiger partial charge in [0.25, 0.3) is 0 Å². The van der Waals surface area contributed by atoms with Gasteiger partial charge >= 0.3 is 12.1 Å². The van der Waals surface area contributed by atoms with E-state index in [2.05, 4.69) is 10.3 Å². The van der Waals surface area contributed by atoms with Crippen molar-refractivity contribution in [2.24, 2.45) is 7.05 Å². The third-order valence-corrected chi connectivity index (χ3v) is 3.78. The van der Waals surface area contributed by atoms with E-state index in [9.17, 15) is 9.59 Å². The van der Waals surface area contributed by atoms with Crippen LogP contribution >= 0.6 is 0 Å². The minimum absolute atomic E-state index is 0.114.